The van der Waals surface area contributed by atoms with Gasteiger partial charge in [0.15, 0.2) is 0 Å². The van der Waals surface area contributed by atoms with E-state index < -0.39 is 5.97 Å². The number of esters is 1. The second-order valence-electron chi connectivity index (χ2n) is 2.57. The summed E-state index contributed by atoms with van der Waals surface area (Å²) in [6.07, 6.45) is 2.05. The quantitative estimate of drug-likeness (QED) is 0.532. The van der Waals surface area contributed by atoms with Crippen molar-refractivity contribution < 1.29 is 14.6 Å². The van der Waals surface area contributed by atoms with Crippen LogP contribution in [0.25, 0.3) is 0 Å². The van der Waals surface area contributed by atoms with E-state index in [0.29, 0.717) is 17.7 Å². The number of carbonyl (C=O) groups excluding carboxylic acids is 1. The molecule has 0 saturated carbocycles. The van der Waals surface area contributed by atoms with E-state index in [2.05, 4.69) is 21.6 Å². The summed E-state index contributed by atoms with van der Waals surface area (Å²) in [5.41, 5.74) is 1.08. The first-order valence-corrected chi connectivity index (χ1v) is 4.14. The monoisotopic (exact) mass is 193 g/mol. The second kappa shape index (κ2) is 5.10. The SMILES string of the molecule is COC(=O)c1cc(C#CCCO)c[nH]1. The average molecular weight is 193 g/mol. The molecule has 0 amide bonds. The summed E-state index contributed by atoms with van der Waals surface area (Å²) in [5, 5.41) is 8.49. The molecule has 0 bridgehead atoms. The molecule has 0 fully saturated rings. The van der Waals surface area contributed by atoms with Crippen LogP contribution >= 0.6 is 0 Å². The Hall–Kier alpha value is -1.73. The first kappa shape index (κ1) is 10.4. The molecule has 1 rings (SSSR count). The molecule has 0 aliphatic rings. The molecule has 1 aromatic rings. The van der Waals surface area contributed by atoms with E-state index in [1.54, 1.807) is 12.3 Å². The number of aliphatic hydroxyl groups is 1. The lowest BCUT2D eigenvalue weighted by Crippen LogP contribution is -2.00. The molecule has 0 atom stereocenters. The molecule has 4 heteroatoms. The number of H-pyrrole nitrogens is 1. The van der Waals surface area contributed by atoms with Gasteiger partial charge in [0.05, 0.1) is 13.7 Å². The molecular weight excluding hydrogens is 182 g/mol. The predicted octanol–water partition coefficient (Wildman–Crippen LogP) is 0.535. The van der Waals surface area contributed by atoms with E-state index in [-0.39, 0.29) is 6.61 Å². The largest absolute Gasteiger partial charge is 0.464 e. The van der Waals surface area contributed by atoms with Crippen LogP contribution in [-0.4, -0.2) is 29.8 Å². The molecule has 0 radical (unpaired) electrons. The fraction of sp³-hybridized carbons (Fsp3) is 0.300. The predicted molar refractivity (Wildman–Crippen MR) is 50.7 cm³/mol. The standard InChI is InChI=1S/C10H11NO3/c1-14-10(13)9-6-8(7-11-9)4-2-3-5-12/h6-7,11-12H,3,5H2,1H3. The van der Waals surface area contributed by atoms with Gasteiger partial charge in [-0.3, -0.25) is 0 Å². The second-order valence-corrected chi connectivity index (χ2v) is 2.57. The van der Waals surface area contributed by atoms with E-state index in [1.807, 2.05) is 0 Å². The lowest BCUT2D eigenvalue weighted by molar-refractivity contribution is 0.0595. The van der Waals surface area contributed by atoms with Gasteiger partial charge in [-0.25, -0.2) is 4.79 Å². The van der Waals surface area contributed by atoms with Gasteiger partial charge in [-0.2, -0.15) is 0 Å². The maximum absolute atomic E-state index is 11.0. The number of rotatable bonds is 2. The van der Waals surface area contributed by atoms with Crippen molar-refractivity contribution in [3.63, 3.8) is 0 Å². The Bertz CT molecular complexity index is 370. The minimum atomic E-state index is -0.416. The third-order valence-corrected chi connectivity index (χ3v) is 1.56. The molecule has 1 aromatic heterocycles. The highest BCUT2D eigenvalue weighted by atomic mass is 16.5. The number of ether oxygens (including phenoxy) is 1. The molecule has 0 aliphatic heterocycles. The van der Waals surface area contributed by atoms with Crippen LogP contribution in [0.1, 0.15) is 22.5 Å². The van der Waals surface area contributed by atoms with Crippen molar-refractivity contribution in [2.24, 2.45) is 0 Å². The number of hydrogen-bond acceptors (Lipinski definition) is 3. The summed E-state index contributed by atoms with van der Waals surface area (Å²) >= 11 is 0. The molecule has 4 nitrogen and oxygen atoms in total. The molecule has 0 saturated heterocycles. The number of aromatic nitrogens is 1. The van der Waals surface area contributed by atoms with E-state index in [1.165, 1.54) is 7.11 Å². The highest BCUT2D eigenvalue weighted by molar-refractivity contribution is 5.87. The van der Waals surface area contributed by atoms with E-state index in [4.69, 9.17) is 5.11 Å². The van der Waals surface area contributed by atoms with Gasteiger partial charge in [0.1, 0.15) is 5.69 Å². The molecule has 0 spiro atoms. The molecule has 1 heterocycles. The van der Waals surface area contributed by atoms with Crippen LogP contribution in [0.15, 0.2) is 12.3 Å². The Morgan fingerprint density at radius 2 is 2.50 bits per heavy atom. The number of carbonyl (C=O) groups is 1. The van der Waals surface area contributed by atoms with Gasteiger partial charge in [-0.15, -0.1) is 0 Å². The maximum atomic E-state index is 11.0. The fourth-order valence-electron chi connectivity index (χ4n) is 0.915. The van der Waals surface area contributed by atoms with Crippen molar-refractivity contribution in [2.75, 3.05) is 13.7 Å². The fourth-order valence-corrected chi connectivity index (χ4v) is 0.915. The zero-order valence-electron chi connectivity index (χ0n) is 7.83. The highest BCUT2D eigenvalue weighted by Gasteiger charge is 2.06. The smallest absolute Gasteiger partial charge is 0.354 e. The molecule has 74 valence electrons. The van der Waals surface area contributed by atoms with Crippen molar-refractivity contribution in [3.8, 4) is 11.8 Å². The Balaban J connectivity index is 2.70. The molecule has 0 aliphatic carbocycles. The topological polar surface area (TPSA) is 62.3 Å². The summed E-state index contributed by atoms with van der Waals surface area (Å²) in [7, 11) is 1.32. The van der Waals surface area contributed by atoms with Gasteiger partial charge in [0.2, 0.25) is 0 Å². The van der Waals surface area contributed by atoms with Crippen LogP contribution in [-0.2, 0) is 4.74 Å². The Labute approximate surface area is 81.9 Å². The van der Waals surface area contributed by atoms with E-state index >= 15 is 0 Å². The van der Waals surface area contributed by atoms with Crippen molar-refractivity contribution in [3.05, 3.63) is 23.5 Å². The van der Waals surface area contributed by atoms with Gasteiger partial charge in [0, 0.05) is 18.2 Å². The Morgan fingerprint density at radius 1 is 1.71 bits per heavy atom. The van der Waals surface area contributed by atoms with Crippen LogP contribution in [0.3, 0.4) is 0 Å². The minimum absolute atomic E-state index is 0.0429. The van der Waals surface area contributed by atoms with Crippen molar-refractivity contribution in [2.45, 2.75) is 6.42 Å². The van der Waals surface area contributed by atoms with Crippen LogP contribution in [0.2, 0.25) is 0 Å². The van der Waals surface area contributed by atoms with Crippen LogP contribution in [0, 0.1) is 11.8 Å². The van der Waals surface area contributed by atoms with E-state index in [9.17, 15) is 4.79 Å². The number of nitrogens with one attached hydrogen (secondary N) is 1. The Kier molecular flexibility index (Phi) is 3.77. The Morgan fingerprint density at radius 3 is 3.14 bits per heavy atom. The van der Waals surface area contributed by atoms with Gasteiger partial charge in [0.25, 0.3) is 0 Å². The van der Waals surface area contributed by atoms with Crippen LogP contribution in [0.5, 0.6) is 0 Å². The molecule has 2 N–H and O–H groups in total. The van der Waals surface area contributed by atoms with Gasteiger partial charge in [-0.05, 0) is 6.07 Å². The zero-order chi connectivity index (χ0) is 10.4. The normalized spacial score (nSPS) is 9.00. The lowest BCUT2D eigenvalue weighted by Gasteiger charge is -1.91. The van der Waals surface area contributed by atoms with Gasteiger partial charge < -0.3 is 14.8 Å². The molecular formula is C10H11NO3. The first-order valence-electron chi connectivity index (χ1n) is 4.14. The van der Waals surface area contributed by atoms with Crippen molar-refractivity contribution in [1.29, 1.82) is 0 Å². The van der Waals surface area contributed by atoms with Crippen LogP contribution < -0.4 is 0 Å². The summed E-state index contributed by atoms with van der Waals surface area (Å²) in [6.45, 7) is 0.0429. The number of aliphatic hydroxyl groups excluding tert-OH is 1. The van der Waals surface area contributed by atoms with Crippen LogP contribution in [0.4, 0.5) is 0 Å². The van der Waals surface area contributed by atoms with Crippen molar-refractivity contribution >= 4 is 5.97 Å². The molecule has 0 aromatic carbocycles. The zero-order valence-corrected chi connectivity index (χ0v) is 7.83. The number of aromatic amines is 1. The van der Waals surface area contributed by atoms with Gasteiger partial charge in [-0.1, -0.05) is 11.8 Å². The van der Waals surface area contributed by atoms with Crippen molar-refractivity contribution in [1.82, 2.24) is 4.98 Å². The summed E-state index contributed by atoms with van der Waals surface area (Å²) in [5.74, 6) is 5.13. The van der Waals surface area contributed by atoms with E-state index in [0.717, 1.165) is 0 Å². The summed E-state index contributed by atoms with van der Waals surface area (Å²) in [4.78, 5) is 13.8. The maximum Gasteiger partial charge on any atom is 0.354 e. The number of methoxy groups -OCH3 is 1. The molecule has 14 heavy (non-hydrogen) atoms. The minimum Gasteiger partial charge on any atom is -0.464 e. The summed E-state index contributed by atoms with van der Waals surface area (Å²) < 4.78 is 4.52. The average Bonchev–Trinajstić information content (AvgIpc) is 2.66. The third-order valence-electron chi connectivity index (χ3n) is 1.56. The first-order chi connectivity index (χ1) is 6.77. The van der Waals surface area contributed by atoms with Gasteiger partial charge >= 0.3 is 5.97 Å². The lowest BCUT2D eigenvalue weighted by atomic mass is 10.3. The summed E-state index contributed by atoms with van der Waals surface area (Å²) in [6, 6.07) is 1.61. The molecule has 0 unspecified atom stereocenters. The third kappa shape index (κ3) is 2.64. The number of hydrogen-bond donors (Lipinski definition) is 2. The highest BCUT2D eigenvalue weighted by Crippen LogP contribution is 2.02.